The van der Waals surface area contributed by atoms with Crippen LogP contribution in [0.5, 0.6) is 0 Å². The number of carbonyl (C=O) groups excluding carboxylic acids is 2. The molecule has 0 spiro atoms. The summed E-state index contributed by atoms with van der Waals surface area (Å²) in [5, 5.41) is 2.91. The Kier molecular flexibility index (Phi) is 6.69. The summed E-state index contributed by atoms with van der Waals surface area (Å²) in [5.74, 6) is 0.305. The molecule has 0 aliphatic heterocycles. The summed E-state index contributed by atoms with van der Waals surface area (Å²) in [6.07, 6.45) is 5.43. The Morgan fingerprint density at radius 1 is 1.28 bits per heavy atom. The van der Waals surface area contributed by atoms with E-state index in [2.05, 4.69) is 16.4 Å². The summed E-state index contributed by atoms with van der Waals surface area (Å²) in [5.41, 5.74) is 1.02. The number of fused-ring (bicyclic) bond motifs is 1. The number of rotatable bonds is 8. The molecule has 0 radical (unpaired) electrons. The van der Waals surface area contributed by atoms with Crippen LogP contribution in [0.15, 0.2) is 28.6 Å². The molecule has 1 aliphatic rings. The van der Waals surface area contributed by atoms with E-state index in [1.807, 2.05) is 18.2 Å². The van der Waals surface area contributed by atoms with Gasteiger partial charge in [-0.25, -0.2) is 4.98 Å². The molecule has 1 heterocycles. The Morgan fingerprint density at radius 3 is 2.88 bits per heavy atom. The number of ether oxygens (including phenoxy) is 1. The van der Waals surface area contributed by atoms with E-state index in [4.69, 9.17) is 4.74 Å². The smallest absolute Gasteiger partial charge is 0.306 e. The van der Waals surface area contributed by atoms with E-state index in [-0.39, 0.29) is 24.5 Å². The number of amides is 1. The first kappa shape index (κ1) is 18.2. The summed E-state index contributed by atoms with van der Waals surface area (Å²) in [6, 6.07) is 8.31. The lowest BCUT2D eigenvalue weighted by molar-refractivity contribution is -0.148. The highest BCUT2D eigenvalue weighted by molar-refractivity contribution is 8.01. The van der Waals surface area contributed by atoms with Gasteiger partial charge in [-0.1, -0.05) is 36.7 Å². The molecule has 2 aromatic rings. The summed E-state index contributed by atoms with van der Waals surface area (Å²) in [7, 11) is 0. The van der Waals surface area contributed by atoms with Crippen LogP contribution in [0.1, 0.15) is 38.5 Å². The summed E-state index contributed by atoms with van der Waals surface area (Å²) < 4.78 is 7.24. The van der Waals surface area contributed by atoms with E-state index < -0.39 is 0 Å². The number of thiazole rings is 1. The van der Waals surface area contributed by atoms with E-state index in [0.717, 1.165) is 41.3 Å². The van der Waals surface area contributed by atoms with Crippen molar-refractivity contribution in [1.29, 1.82) is 0 Å². The standard InChI is InChI=1S/C18H22N2O3S2/c21-16(19-13-6-1-2-7-13)12-23-17(22)10-5-11-24-18-20-14-8-3-4-9-15(14)25-18/h3-4,8-9,13H,1-2,5-7,10-12H2,(H,19,21). The van der Waals surface area contributed by atoms with Gasteiger partial charge in [-0.2, -0.15) is 0 Å². The minimum atomic E-state index is -0.313. The third-order valence-electron chi connectivity index (χ3n) is 4.11. The van der Waals surface area contributed by atoms with Crippen molar-refractivity contribution in [2.75, 3.05) is 12.4 Å². The average molecular weight is 379 g/mol. The average Bonchev–Trinajstić information content (AvgIpc) is 3.25. The highest BCUT2D eigenvalue weighted by Gasteiger charge is 2.17. The quantitative estimate of drug-likeness (QED) is 0.430. The van der Waals surface area contributed by atoms with E-state index in [0.29, 0.717) is 12.8 Å². The molecular weight excluding hydrogens is 356 g/mol. The van der Waals surface area contributed by atoms with Gasteiger partial charge in [0.1, 0.15) is 0 Å². The van der Waals surface area contributed by atoms with E-state index in [9.17, 15) is 9.59 Å². The molecule has 1 N–H and O–H groups in total. The van der Waals surface area contributed by atoms with Crippen LogP contribution in [-0.4, -0.2) is 35.3 Å². The van der Waals surface area contributed by atoms with Crippen LogP contribution in [0.3, 0.4) is 0 Å². The van der Waals surface area contributed by atoms with Crippen molar-refractivity contribution in [3.63, 3.8) is 0 Å². The van der Waals surface area contributed by atoms with Gasteiger partial charge in [-0.3, -0.25) is 9.59 Å². The molecule has 1 aliphatic carbocycles. The largest absolute Gasteiger partial charge is 0.456 e. The van der Waals surface area contributed by atoms with Crippen LogP contribution >= 0.6 is 23.1 Å². The molecule has 1 amide bonds. The fourth-order valence-corrected chi connectivity index (χ4v) is 4.92. The highest BCUT2D eigenvalue weighted by atomic mass is 32.2. The number of thioether (sulfide) groups is 1. The lowest BCUT2D eigenvalue weighted by Gasteiger charge is -2.11. The number of aromatic nitrogens is 1. The normalized spacial score (nSPS) is 14.7. The van der Waals surface area contributed by atoms with Gasteiger partial charge in [-0.05, 0) is 31.4 Å². The second-order valence-electron chi connectivity index (χ2n) is 6.11. The zero-order valence-corrected chi connectivity index (χ0v) is 15.7. The van der Waals surface area contributed by atoms with Gasteiger partial charge >= 0.3 is 5.97 Å². The molecule has 0 atom stereocenters. The van der Waals surface area contributed by atoms with Crippen molar-refractivity contribution in [1.82, 2.24) is 10.3 Å². The monoisotopic (exact) mass is 378 g/mol. The SMILES string of the molecule is O=C(COC(=O)CCCSc1nc2ccccc2s1)NC1CCCC1. The Hall–Kier alpha value is -1.60. The molecule has 25 heavy (non-hydrogen) atoms. The number of nitrogens with zero attached hydrogens (tertiary/aromatic N) is 1. The van der Waals surface area contributed by atoms with E-state index in [1.54, 1.807) is 23.1 Å². The van der Waals surface area contributed by atoms with Gasteiger partial charge in [0.15, 0.2) is 10.9 Å². The van der Waals surface area contributed by atoms with Crippen molar-refractivity contribution in [2.24, 2.45) is 0 Å². The van der Waals surface area contributed by atoms with E-state index in [1.165, 1.54) is 4.70 Å². The number of para-hydroxylation sites is 1. The lowest BCUT2D eigenvalue weighted by atomic mass is 10.2. The zero-order chi connectivity index (χ0) is 17.5. The second-order valence-corrected chi connectivity index (χ2v) is 8.48. The number of hydrogen-bond donors (Lipinski definition) is 1. The van der Waals surface area contributed by atoms with Gasteiger partial charge in [0.2, 0.25) is 0 Å². The second kappa shape index (κ2) is 9.20. The first-order valence-electron chi connectivity index (χ1n) is 8.64. The minimum absolute atomic E-state index is 0.166. The molecule has 1 aromatic heterocycles. The fourth-order valence-electron chi connectivity index (χ4n) is 2.85. The first-order chi connectivity index (χ1) is 12.2. The van der Waals surface area contributed by atoms with Crippen LogP contribution in [0.4, 0.5) is 0 Å². The van der Waals surface area contributed by atoms with Gasteiger partial charge in [0.25, 0.3) is 5.91 Å². The number of esters is 1. The molecule has 5 nitrogen and oxygen atoms in total. The minimum Gasteiger partial charge on any atom is -0.456 e. The first-order valence-corrected chi connectivity index (χ1v) is 10.4. The maximum absolute atomic E-state index is 11.7. The molecule has 7 heteroatoms. The molecule has 0 saturated heterocycles. The molecular formula is C18H22N2O3S2. The molecule has 0 bridgehead atoms. The number of hydrogen-bond acceptors (Lipinski definition) is 6. The van der Waals surface area contributed by atoms with Crippen LogP contribution in [-0.2, 0) is 14.3 Å². The number of nitrogens with one attached hydrogen (secondary N) is 1. The predicted molar refractivity (Wildman–Crippen MR) is 101 cm³/mol. The molecule has 1 fully saturated rings. The predicted octanol–water partition coefficient (Wildman–Crippen LogP) is 3.77. The molecule has 3 rings (SSSR count). The van der Waals surface area contributed by atoms with Gasteiger partial charge < -0.3 is 10.1 Å². The van der Waals surface area contributed by atoms with Crippen LogP contribution in [0.25, 0.3) is 10.2 Å². The van der Waals surface area contributed by atoms with Crippen molar-refractivity contribution >= 4 is 45.2 Å². The maximum Gasteiger partial charge on any atom is 0.306 e. The number of benzene rings is 1. The van der Waals surface area contributed by atoms with Crippen molar-refractivity contribution in [3.05, 3.63) is 24.3 Å². The van der Waals surface area contributed by atoms with Gasteiger partial charge in [0, 0.05) is 18.2 Å². The number of carbonyl (C=O) groups is 2. The van der Waals surface area contributed by atoms with Crippen LogP contribution in [0.2, 0.25) is 0 Å². The van der Waals surface area contributed by atoms with Crippen molar-refractivity contribution in [2.45, 2.75) is 48.9 Å². The summed E-state index contributed by atoms with van der Waals surface area (Å²) >= 11 is 3.32. The Balaban J connectivity index is 1.29. The Bertz CT molecular complexity index is 693. The van der Waals surface area contributed by atoms with Gasteiger partial charge in [0.05, 0.1) is 10.2 Å². The molecule has 1 aromatic carbocycles. The third kappa shape index (κ3) is 5.71. The summed E-state index contributed by atoms with van der Waals surface area (Å²) in [4.78, 5) is 28.0. The molecule has 1 saturated carbocycles. The van der Waals surface area contributed by atoms with Crippen molar-refractivity contribution in [3.8, 4) is 0 Å². The lowest BCUT2D eigenvalue weighted by Crippen LogP contribution is -2.35. The third-order valence-corrected chi connectivity index (χ3v) is 6.38. The molecule has 134 valence electrons. The Labute approximate surface area is 155 Å². The Morgan fingerprint density at radius 2 is 2.08 bits per heavy atom. The maximum atomic E-state index is 11.7. The zero-order valence-electron chi connectivity index (χ0n) is 14.0. The van der Waals surface area contributed by atoms with Crippen LogP contribution < -0.4 is 5.32 Å². The van der Waals surface area contributed by atoms with Crippen molar-refractivity contribution < 1.29 is 14.3 Å². The van der Waals surface area contributed by atoms with Crippen LogP contribution in [0, 0.1) is 0 Å². The van der Waals surface area contributed by atoms with E-state index >= 15 is 0 Å². The topological polar surface area (TPSA) is 68.3 Å². The molecule has 0 unspecified atom stereocenters. The summed E-state index contributed by atoms with van der Waals surface area (Å²) in [6.45, 7) is -0.166. The highest BCUT2D eigenvalue weighted by Crippen LogP contribution is 2.29. The van der Waals surface area contributed by atoms with Gasteiger partial charge in [-0.15, -0.1) is 11.3 Å². The fraction of sp³-hybridized carbons (Fsp3) is 0.500.